The maximum atomic E-state index is 6.24. The molecule has 0 saturated carbocycles. The molecule has 0 rings (SSSR count). The minimum atomic E-state index is -0.147. The highest BCUT2D eigenvalue weighted by molar-refractivity contribution is 4.87. The molecule has 0 aromatic heterocycles. The van der Waals surface area contributed by atoms with E-state index >= 15 is 0 Å². The first-order valence-corrected chi connectivity index (χ1v) is 10.6. The molecule has 0 spiro atoms. The van der Waals surface area contributed by atoms with E-state index in [0.29, 0.717) is 6.54 Å². The second kappa shape index (κ2) is 13.1. The van der Waals surface area contributed by atoms with Crippen LogP contribution < -0.4 is 17.2 Å². The van der Waals surface area contributed by atoms with Gasteiger partial charge < -0.3 is 22.1 Å². The predicted octanol–water partition coefficient (Wildman–Crippen LogP) is 4.61. The van der Waals surface area contributed by atoms with Crippen LogP contribution in [0.2, 0.25) is 0 Å². The van der Waals surface area contributed by atoms with Gasteiger partial charge in [0.05, 0.1) is 0 Å². The van der Waals surface area contributed by atoms with Gasteiger partial charge in [0.25, 0.3) is 0 Å². The molecule has 0 aliphatic rings. The van der Waals surface area contributed by atoms with Crippen LogP contribution in [0.4, 0.5) is 0 Å². The molecule has 0 fully saturated rings. The quantitative estimate of drug-likeness (QED) is 0.521. The third-order valence-corrected chi connectivity index (χ3v) is 3.86. The second-order valence-electron chi connectivity index (χ2n) is 10.1. The summed E-state index contributed by atoms with van der Waals surface area (Å²) in [7, 11) is 0. The van der Waals surface area contributed by atoms with Gasteiger partial charge in [-0.1, -0.05) is 55.4 Å². The molecule has 4 heteroatoms. The standard InChI is InChI=1S/C18H42N4.2C2H6/c1-15(2,11-18(7,8)21)13-22(10-9-17(5,6)20)14-16(3,4)12-19;2*1-2/h9-14,19-21H2,1-8H3;2*1-2H3. The van der Waals surface area contributed by atoms with Gasteiger partial charge in [0, 0.05) is 24.2 Å². The summed E-state index contributed by atoms with van der Waals surface area (Å²) >= 11 is 0. The van der Waals surface area contributed by atoms with Crippen molar-refractivity contribution in [2.45, 2.75) is 107 Å². The van der Waals surface area contributed by atoms with Gasteiger partial charge in [-0.25, -0.2) is 0 Å². The zero-order valence-electron chi connectivity index (χ0n) is 20.4. The van der Waals surface area contributed by atoms with Crippen LogP contribution in [0.25, 0.3) is 0 Å². The Hall–Kier alpha value is -0.160. The van der Waals surface area contributed by atoms with Crippen LogP contribution in [0.15, 0.2) is 0 Å². The van der Waals surface area contributed by atoms with E-state index in [1.54, 1.807) is 0 Å². The number of rotatable bonds is 10. The molecule has 0 aromatic carbocycles. The SMILES string of the molecule is CC.CC.CC(C)(N)CCN(CC(C)(C)CN)CC(C)(C)CC(C)(C)N. The Bertz CT molecular complexity index is 322. The minimum Gasteiger partial charge on any atom is -0.330 e. The second-order valence-corrected chi connectivity index (χ2v) is 10.1. The summed E-state index contributed by atoms with van der Waals surface area (Å²) in [6.07, 6.45) is 1.97. The van der Waals surface area contributed by atoms with Crippen molar-refractivity contribution in [3.8, 4) is 0 Å². The smallest absolute Gasteiger partial charge is 0.0109 e. The first-order chi connectivity index (χ1) is 11.6. The van der Waals surface area contributed by atoms with Crippen LogP contribution >= 0.6 is 0 Å². The van der Waals surface area contributed by atoms with Gasteiger partial charge in [0.1, 0.15) is 0 Å². The van der Waals surface area contributed by atoms with Crippen molar-refractivity contribution in [2.75, 3.05) is 26.2 Å². The fraction of sp³-hybridized carbons (Fsp3) is 1.00. The Balaban J connectivity index is -0.00000123. The van der Waals surface area contributed by atoms with E-state index in [-0.39, 0.29) is 21.9 Å². The fourth-order valence-electron chi connectivity index (χ4n) is 3.22. The van der Waals surface area contributed by atoms with E-state index < -0.39 is 0 Å². The summed E-state index contributed by atoms with van der Waals surface area (Å²) in [5, 5.41) is 0. The molecule has 0 unspecified atom stereocenters. The van der Waals surface area contributed by atoms with Crippen LogP contribution in [0, 0.1) is 10.8 Å². The predicted molar refractivity (Wildman–Crippen MR) is 122 cm³/mol. The van der Waals surface area contributed by atoms with Crippen molar-refractivity contribution in [1.82, 2.24) is 4.90 Å². The van der Waals surface area contributed by atoms with Crippen molar-refractivity contribution < 1.29 is 0 Å². The first kappa shape index (κ1) is 30.6. The lowest BCUT2D eigenvalue weighted by molar-refractivity contribution is 0.104. The van der Waals surface area contributed by atoms with Gasteiger partial charge in [-0.15, -0.1) is 0 Å². The Morgan fingerprint density at radius 2 is 1.04 bits per heavy atom. The first-order valence-electron chi connectivity index (χ1n) is 10.6. The number of hydrogen-bond acceptors (Lipinski definition) is 4. The van der Waals surface area contributed by atoms with Gasteiger partial charge in [0.15, 0.2) is 0 Å². The third-order valence-electron chi connectivity index (χ3n) is 3.86. The molecule has 4 nitrogen and oxygen atoms in total. The Kier molecular flexibility index (Phi) is 15.4. The van der Waals surface area contributed by atoms with Crippen molar-refractivity contribution >= 4 is 0 Å². The topological polar surface area (TPSA) is 81.3 Å². The zero-order valence-corrected chi connectivity index (χ0v) is 20.4. The maximum Gasteiger partial charge on any atom is 0.0109 e. The van der Waals surface area contributed by atoms with Crippen LogP contribution in [-0.4, -0.2) is 42.2 Å². The van der Waals surface area contributed by atoms with Gasteiger partial charge in [-0.2, -0.15) is 0 Å². The lowest BCUT2D eigenvalue weighted by Crippen LogP contribution is -2.48. The van der Waals surface area contributed by atoms with Crippen LogP contribution in [0.3, 0.4) is 0 Å². The molecule has 26 heavy (non-hydrogen) atoms. The molecule has 0 radical (unpaired) electrons. The van der Waals surface area contributed by atoms with Crippen LogP contribution in [0.1, 0.15) is 95.9 Å². The van der Waals surface area contributed by atoms with Crippen molar-refractivity contribution in [3.63, 3.8) is 0 Å². The summed E-state index contributed by atoms with van der Waals surface area (Å²) in [5.41, 5.74) is 18.3. The van der Waals surface area contributed by atoms with E-state index in [2.05, 4.69) is 60.3 Å². The van der Waals surface area contributed by atoms with Gasteiger partial charge >= 0.3 is 0 Å². The largest absolute Gasteiger partial charge is 0.330 e. The van der Waals surface area contributed by atoms with Crippen molar-refractivity contribution in [3.05, 3.63) is 0 Å². The summed E-state index contributed by atoms with van der Waals surface area (Å²) in [5.74, 6) is 0. The molecule has 0 aliphatic heterocycles. The van der Waals surface area contributed by atoms with E-state index in [0.717, 1.165) is 32.5 Å². The van der Waals surface area contributed by atoms with Crippen LogP contribution in [0.5, 0.6) is 0 Å². The normalized spacial score (nSPS) is 12.9. The van der Waals surface area contributed by atoms with Crippen molar-refractivity contribution in [2.24, 2.45) is 28.0 Å². The van der Waals surface area contributed by atoms with E-state index in [4.69, 9.17) is 17.2 Å². The van der Waals surface area contributed by atoms with Gasteiger partial charge in [-0.05, 0) is 64.5 Å². The molecular weight excluding hydrogens is 320 g/mol. The zero-order chi connectivity index (χ0) is 21.8. The maximum absolute atomic E-state index is 6.24. The highest BCUT2D eigenvalue weighted by Crippen LogP contribution is 2.29. The summed E-state index contributed by atoms with van der Waals surface area (Å²) in [6.45, 7) is 29.2. The molecule has 0 atom stereocenters. The van der Waals surface area contributed by atoms with Gasteiger partial charge in [0.2, 0.25) is 0 Å². The van der Waals surface area contributed by atoms with Crippen molar-refractivity contribution in [1.29, 1.82) is 0 Å². The Morgan fingerprint density at radius 3 is 1.35 bits per heavy atom. The molecule has 6 N–H and O–H groups in total. The fourth-order valence-corrected chi connectivity index (χ4v) is 3.22. The molecule has 0 heterocycles. The van der Waals surface area contributed by atoms with Gasteiger partial charge in [-0.3, -0.25) is 0 Å². The average molecular weight is 375 g/mol. The third kappa shape index (κ3) is 20.2. The van der Waals surface area contributed by atoms with E-state index in [1.165, 1.54) is 0 Å². The molecule has 0 amide bonds. The highest BCUT2D eigenvalue weighted by atomic mass is 15.1. The molecule has 0 aliphatic carbocycles. The molecular formula is C22H54N4. The summed E-state index contributed by atoms with van der Waals surface area (Å²) in [4.78, 5) is 2.52. The number of nitrogens with zero attached hydrogens (tertiary/aromatic N) is 1. The lowest BCUT2D eigenvalue weighted by Gasteiger charge is -2.40. The molecule has 0 bridgehead atoms. The molecule has 0 aromatic rings. The Morgan fingerprint density at radius 1 is 0.654 bits per heavy atom. The highest BCUT2D eigenvalue weighted by Gasteiger charge is 2.30. The molecule has 0 saturated heterocycles. The minimum absolute atomic E-state index is 0.118. The van der Waals surface area contributed by atoms with E-state index in [1.807, 2.05) is 27.7 Å². The monoisotopic (exact) mass is 374 g/mol. The molecule has 162 valence electrons. The number of nitrogens with two attached hydrogens (primary N) is 3. The summed E-state index contributed by atoms with van der Waals surface area (Å²) in [6, 6.07) is 0. The number of hydrogen-bond donors (Lipinski definition) is 3. The average Bonchev–Trinajstić information content (AvgIpc) is 2.45. The van der Waals surface area contributed by atoms with E-state index in [9.17, 15) is 0 Å². The summed E-state index contributed by atoms with van der Waals surface area (Å²) < 4.78 is 0. The van der Waals surface area contributed by atoms with Crippen LogP contribution in [-0.2, 0) is 0 Å². The lowest BCUT2D eigenvalue weighted by atomic mass is 9.79. The Labute approximate surface area is 166 Å².